The van der Waals surface area contributed by atoms with Crippen LogP contribution in [0.5, 0.6) is 0 Å². The first-order chi connectivity index (χ1) is 19.5. The number of nitrogens with one attached hydrogen (secondary N) is 2. The molecule has 0 spiro atoms. The van der Waals surface area contributed by atoms with Crippen molar-refractivity contribution in [3.05, 3.63) is 98.8 Å². The number of amides is 1. The van der Waals surface area contributed by atoms with Crippen LogP contribution >= 0.6 is 0 Å². The Kier molecular flexibility index (Phi) is 7.61. The summed E-state index contributed by atoms with van der Waals surface area (Å²) in [5.74, 6) is -1.11. The lowest BCUT2D eigenvalue weighted by atomic mass is 9.92. The number of rotatable bonds is 6. The molecule has 0 fully saturated rings. The van der Waals surface area contributed by atoms with Crippen LogP contribution in [0.3, 0.4) is 0 Å². The third-order valence-electron chi connectivity index (χ3n) is 8.20. The molecule has 3 aliphatic rings. The van der Waals surface area contributed by atoms with Crippen LogP contribution in [0.25, 0.3) is 11.3 Å². The molecule has 1 aromatic carbocycles. The Morgan fingerprint density at radius 3 is 2.59 bits per heavy atom. The molecule has 2 aromatic rings. The number of anilines is 1. The van der Waals surface area contributed by atoms with Crippen molar-refractivity contribution in [2.75, 3.05) is 46.6 Å². The smallest absolute Gasteiger partial charge is 0.257 e. The van der Waals surface area contributed by atoms with Crippen molar-refractivity contribution < 1.29 is 13.6 Å². The molecule has 216 valence electrons. The summed E-state index contributed by atoms with van der Waals surface area (Å²) in [5.41, 5.74) is 5.01. The first kappa shape index (κ1) is 28.4. The van der Waals surface area contributed by atoms with E-state index in [0.29, 0.717) is 29.8 Å². The van der Waals surface area contributed by atoms with Gasteiger partial charge in [0, 0.05) is 82.0 Å². The number of likely N-dealkylation sites (N-methyl/N-ethyl adjacent to an activating group) is 1. The Hall–Kier alpha value is -4.18. The minimum absolute atomic E-state index is 0.0325. The number of aromatic nitrogens is 1. The van der Waals surface area contributed by atoms with Crippen LogP contribution in [0.15, 0.2) is 64.9 Å². The van der Waals surface area contributed by atoms with E-state index in [1.165, 1.54) is 27.8 Å². The molecule has 5 rings (SSSR count). The molecule has 1 aromatic heterocycles. The highest BCUT2D eigenvalue weighted by Gasteiger charge is 2.35. The van der Waals surface area contributed by atoms with Crippen LogP contribution in [0, 0.1) is 18.6 Å². The fraction of sp³-hybridized carbons (Fsp3) is 0.355. The van der Waals surface area contributed by atoms with Crippen LogP contribution in [-0.2, 0) is 0 Å². The van der Waals surface area contributed by atoms with Gasteiger partial charge in [-0.25, -0.2) is 8.78 Å². The second kappa shape index (κ2) is 11.0. The lowest BCUT2D eigenvalue weighted by Gasteiger charge is -2.37. The fourth-order valence-corrected chi connectivity index (χ4v) is 5.93. The third kappa shape index (κ3) is 5.08. The Morgan fingerprint density at radius 1 is 1.20 bits per heavy atom. The summed E-state index contributed by atoms with van der Waals surface area (Å²) in [6, 6.07) is 4.38. The molecule has 3 aliphatic heterocycles. The maximum absolute atomic E-state index is 15.2. The molecule has 2 atom stereocenters. The zero-order valence-corrected chi connectivity index (χ0v) is 24.3. The first-order valence-corrected chi connectivity index (χ1v) is 13.7. The number of carbonyl (C=O) groups is 1. The molecule has 0 saturated heterocycles. The molecular weight excluding hydrogens is 526 g/mol. The predicted molar refractivity (Wildman–Crippen MR) is 158 cm³/mol. The van der Waals surface area contributed by atoms with Gasteiger partial charge in [-0.15, -0.1) is 0 Å². The molecule has 0 bridgehead atoms. The largest absolute Gasteiger partial charge is 0.386 e. The highest BCUT2D eigenvalue weighted by molar-refractivity contribution is 5.94. The number of nitrogens with zero attached hydrogens (tertiary/aromatic N) is 4. The Bertz CT molecular complexity index is 1560. The van der Waals surface area contributed by atoms with E-state index in [-0.39, 0.29) is 35.2 Å². The van der Waals surface area contributed by atoms with Crippen molar-refractivity contribution in [3.8, 4) is 0 Å². The van der Waals surface area contributed by atoms with Gasteiger partial charge in [-0.2, -0.15) is 0 Å². The van der Waals surface area contributed by atoms with E-state index in [9.17, 15) is 14.0 Å². The maximum Gasteiger partial charge on any atom is 0.257 e. The summed E-state index contributed by atoms with van der Waals surface area (Å²) in [6.45, 7) is 5.34. The highest BCUT2D eigenvalue weighted by Crippen LogP contribution is 2.35. The van der Waals surface area contributed by atoms with Gasteiger partial charge in [-0.05, 0) is 55.7 Å². The number of hydrogen-bond acceptors (Lipinski definition) is 6. The van der Waals surface area contributed by atoms with Crippen molar-refractivity contribution >= 4 is 22.9 Å². The molecular formula is C31H36F2N6O2. The molecule has 0 saturated carbocycles. The second-order valence-electron chi connectivity index (χ2n) is 10.9. The van der Waals surface area contributed by atoms with Gasteiger partial charge in [-0.3, -0.25) is 19.1 Å². The number of fused-ring (bicyclic) bond motifs is 1. The Morgan fingerprint density at radius 2 is 1.95 bits per heavy atom. The van der Waals surface area contributed by atoms with Crippen molar-refractivity contribution in [2.45, 2.75) is 32.5 Å². The van der Waals surface area contributed by atoms with E-state index in [4.69, 9.17) is 0 Å². The molecule has 10 heteroatoms. The normalized spacial score (nSPS) is 19.4. The number of hydrogen-bond donors (Lipinski definition) is 2. The van der Waals surface area contributed by atoms with Gasteiger partial charge in [0.2, 0.25) is 0 Å². The first-order valence-electron chi connectivity index (χ1n) is 13.7. The van der Waals surface area contributed by atoms with Gasteiger partial charge in [0.15, 0.2) is 5.82 Å². The van der Waals surface area contributed by atoms with Crippen molar-refractivity contribution in [1.29, 1.82) is 0 Å². The second-order valence-corrected chi connectivity index (χ2v) is 10.9. The maximum atomic E-state index is 15.2. The molecule has 0 aliphatic carbocycles. The van der Waals surface area contributed by atoms with Gasteiger partial charge in [-0.1, -0.05) is 6.08 Å². The monoisotopic (exact) mass is 562 g/mol. The average Bonchev–Trinajstić information content (AvgIpc) is 3.29. The third-order valence-corrected chi connectivity index (χ3v) is 8.20. The minimum atomic E-state index is -0.505. The molecule has 2 N–H and O–H groups in total. The highest BCUT2D eigenvalue weighted by atomic mass is 19.1. The van der Waals surface area contributed by atoms with Gasteiger partial charge in [0.1, 0.15) is 12.0 Å². The van der Waals surface area contributed by atoms with Crippen LogP contribution in [-0.4, -0.2) is 78.7 Å². The zero-order chi connectivity index (χ0) is 29.6. The standard InChI is InChI=1S/C31H36F2N6O2/c1-18-13-21(31(41)36(4)5)14-23(32)29(18)20-8-11-38(12-9-20)19(2)27-15-22-26(7-10-35-30(22)37(27)6)39-17-24(33)25(34-3)16-28(39)40/h7-8,10,13-17,19,30,34-35H,9,11-12H2,1-6H3. The van der Waals surface area contributed by atoms with E-state index < -0.39 is 5.82 Å². The van der Waals surface area contributed by atoms with E-state index in [1.54, 1.807) is 39.5 Å². The molecule has 4 heterocycles. The van der Waals surface area contributed by atoms with Gasteiger partial charge in [0.05, 0.1) is 17.6 Å². The van der Waals surface area contributed by atoms with E-state index >= 15 is 4.39 Å². The summed E-state index contributed by atoms with van der Waals surface area (Å²) >= 11 is 0. The molecule has 8 nitrogen and oxygen atoms in total. The quantitative estimate of drug-likeness (QED) is 0.558. The molecule has 1 amide bonds. The predicted octanol–water partition coefficient (Wildman–Crippen LogP) is 3.84. The van der Waals surface area contributed by atoms with E-state index in [2.05, 4.69) is 39.5 Å². The van der Waals surface area contributed by atoms with Crippen LogP contribution in [0.4, 0.5) is 14.5 Å². The number of dihydropyridines is 1. The number of halogens is 2. The summed E-state index contributed by atoms with van der Waals surface area (Å²) in [7, 11) is 6.88. The fourth-order valence-electron chi connectivity index (χ4n) is 5.93. The Balaban J connectivity index is 1.40. The number of carbonyl (C=O) groups excluding carboxylic acids is 1. The van der Waals surface area contributed by atoms with Gasteiger partial charge >= 0.3 is 0 Å². The van der Waals surface area contributed by atoms with Crippen molar-refractivity contribution in [3.63, 3.8) is 0 Å². The lowest BCUT2D eigenvalue weighted by Crippen LogP contribution is -2.45. The van der Waals surface area contributed by atoms with Crippen molar-refractivity contribution in [2.24, 2.45) is 0 Å². The van der Waals surface area contributed by atoms with E-state index in [0.717, 1.165) is 29.0 Å². The number of aryl methyl sites for hydroxylation is 1. The molecule has 41 heavy (non-hydrogen) atoms. The molecule has 0 radical (unpaired) electrons. The SMILES string of the molecule is CNc1cc(=O)n(C2=C3C=C(C(C)N4CC=C(c5c(C)cc(C(=O)N(C)C)cc5F)CC4)N(C)C3NC=C2)cc1F. The summed E-state index contributed by atoms with van der Waals surface area (Å²) in [6.07, 6.45) is 9.40. The number of allylic oxidation sites excluding steroid dienone is 2. The number of benzene rings is 1. The lowest BCUT2D eigenvalue weighted by molar-refractivity contribution is 0.0827. The summed E-state index contributed by atoms with van der Waals surface area (Å²) in [4.78, 5) is 31.1. The average molecular weight is 563 g/mol. The topological polar surface area (TPSA) is 72.9 Å². The summed E-state index contributed by atoms with van der Waals surface area (Å²) in [5, 5.41) is 6.06. The van der Waals surface area contributed by atoms with Crippen LogP contribution < -0.4 is 16.2 Å². The summed E-state index contributed by atoms with van der Waals surface area (Å²) < 4.78 is 31.1. The zero-order valence-electron chi connectivity index (χ0n) is 24.3. The molecule has 2 unspecified atom stereocenters. The Labute approximate surface area is 238 Å². The van der Waals surface area contributed by atoms with Gasteiger partial charge in [0.25, 0.3) is 11.5 Å². The van der Waals surface area contributed by atoms with E-state index in [1.807, 2.05) is 14.0 Å². The van der Waals surface area contributed by atoms with Gasteiger partial charge < -0.3 is 20.4 Å². The number of pyridine rings is 1. The van der Waals surface area contributed by atoms with Crippen LogP contribution in [0.1, 0.15) is 34.8 Å². The minimum Gasteiger partial charge on any atom is -0.386 e. The van der Waals surface area contributed by atoms with Crippen LogP contribution in [0.2, 0.25) is 0 Å². The van der Waals surface area contributed by atoms with Crippen molar-refractivity contribution in [1.82, 2.24) is 24.6 Å².